The second-order valence-corrected chi connectivity index (χ2v) is 6.29. The first-order valence-electron chi connectivity index (χ1n) is 7.15. The molecule has 104 valence electrons. The average molecular weight is 278 g/mol. The molecule has 2 aromatic rings. The van der Waals surface area contributed by atoms with Gasteiger partial charge in [0.1, 0.15) is 0 Å². The van der Waals surface area contributed by atoms with Crippen molar-refractivity contribution in [1.82, 2.24) is 19.6 Å². The number of fused-ring (bicyclic) bond motifs is 1. The van der Waals surface area contributed by atoms with Crippen LogP contribution in [0.15, 0.2) is 17.8 Å². The van der Waals surface area contributed by atoms with Crippen molar-refractivity contribution in [2.75, 3.05) is 20.1 Å². The van der Waals surface area contributed by atoms with Crippen LogP contribution in [0.4, 0.5) is 0 Å². The number of nitrogens with one attached hydrogen (secondary N) is 1. The van der Waals surface area contributed by atoms with Gasteiger partial charge in [-0.3, -0.25) is 4.40 Å². The molecule has 0 unspecified atom stereocenters. The van der Waals surface area contributed by atoms with Crippen molar-refractivity contribution in [3.05, 3.63) is 23.5 Å². The minimum absolute atomic E-state index is 0.819. The number of imidazole rings is 1. The van der Waals surface area contributed by atoms with Gasteiger partial charge in [0.05, 0.1) is 5.69 Å². The molecule has 0 spiro atoms. The van der Waals surface area contributed by atoms with Gasteiger partial charge in [0.2, 0.25) is 0 Å². The lowest BCUT2D eigenvalue weighted by Crippen LogP contribution is -2.35. The van der Waals surface area contributed by atoms with Crippen molar-refractivity contribution in [3.63, 3.8) is 0 Å². The van der Waals surface area contributed by atoms with Gasteiger partial charge in [-0.15, -0.1) is 11.3 Å². The topological polar surface area (TPSA) is 32.6 Å². The zero-order valence-corrected chi connectivity index (χ0v) is 12.3. The summed E-state index contributed by atoms with van der Waals surface area (Å²) in [5, 5.41) is 5.56. The van der Waals surface area contributed by atoms with Crippen LogP contribution in [-0.2, 0) is 6.54 Å². The van der Waals surface area contributed by atoms with Crippen LogP contribution in [0.25, 0.3) is 4.96 Å². The summed E-state index contributed by atoms with van der Waals surface area (Å²) < 4.78 is 2.09. The van der Waals surface area contributed by atoms with Crippen molar-refractivity contribution in [1.29, 1.82) is 0 Å². The normalized spacial score (nSPS) is 16.9. The molecule has 5 heteroatoms. The summed E-state index contributed by atoms with van der Waals surface area (Å²) in [5.41, 5.74) is 1.13. The Morgan fingerprint density at radius 3 is 3.11 bits per heavy atom. The van der Waals surface area contributed by atoms with Crippen LogP contribution < -0.4 is 5.32 Å². The maximum Gasteiger partial charge on any atom is 0.193 e. The molecular formula is C14H22N4S. The highest BCUT2D eigenvalue weighted by atomic mass is 32.1. The van der Waals surface area contributed by atoms with E-state index in [0.29, 0.717) is 0 Å². The molecule has 19 heavy (non-hydrogen) atoms. The van der Waals surface area contributed by atoms with Gasteiger partial charge in [0.25, 0.3) is 0 Å². The molecule has 0 atom stereocenters. The monoisotopic (exact) mass is 278 g/mol. The Kier molecular flexibility index (Phi) is 4.15. The van der Waals surface area contributed by atoms with Gasteiger partial charge < -0.3 is 10.2 Å². The Hall–Kier alpha value is -0.910. The molecule has 0 aromatic carbocycles. The highest BCUT2D eigenvalue weighted by molar-refractivity contribution is 7.15. The molecule has 1 fully saturated rings. The maximum atomic E-state index is 4.57. The number of hydrogen-bond acceptors (Lipinski definition) is 4. The Morgan fingerprint density at radius 1 is 1.47 bits per heavy atom. The van der Waals surface area contributed by atoms with Crippen molar-refractivity contribution < 1.29 is 0 Å². The fourth-order valence-electron chi connectivity index (χ4n) is 2.86. The van der Waals surface area contributed by atoms with Crippen LogP contribution >= 0.6 is 11.3 Å². The number of likely N-dealkylation sites (N-methyl/N-ethyl adjacent to an activating group) is 1. The van der Waals surface area contributed by atoms with E-state index in [1.165, 1.54) is 25.7 Å². The van der Waals surface area contributed by atoms with E-state index < -0.39 is 0 Å². The quantitative estimate of drug-likeness (QED) is 0.823. The molecule has 1 aliphatic rings. The molecule has 4 nitrogen and oxygen atoms in total. The molecule has 1 N–H and O–H groups in total. The number of nitrogens with zero attached hydrogens (tertiary/aromatic N) is 3. The van der Waals surface area contributed by atoms with Crippen molar-refractivity contribution in [2.24, 2.45) is 0 Å². The van der Waals surface area contributed by atoms with Gasteiger partial charge >= 0.3 is 0 Å². The third kappa shape index (κ3) is 3.16. The molecule has 1 aliphatic carbocycles. The van der Waals surface area contributed by atoms with Gasteiger partial charge in [0.15, 0.2) is 4.96 Å². The van der Waals surface area contributed by atoms with Gasteiger partial charge in [0, 0.05) is 43.4 Å². The van der Waals surface area contributed by atoms with Gasteiger partial charge in [-0.25, -0.2) is 4.98 Å². The van der Waals surface area contributed by atoms with Crippen molar-refractivity contribution in [3.8, 4) is 0 Å². The van der Waals surface area contributed by atoms with Crippen LogP contribution in [0, 0.1) is 0 Å². The maximum absolute atomic E-state index is 4.57. The Balaban J connectivity index is 1.39. The predicted molar refractivity (Wildman–Crippen MR) is 79.7 cm³/mol. The molecule has 0 bridgehead atoms. The van der Waals surface area contributed by atoms with Crippen LogP contribution in [0.3, 0.4) is 0 Å². The molecule has 3 rings (SSSR count). The summed E-state index contributed by atoms with van der Waals surface area (Å²) >= 11 is 1.68. The number of rotatable bonds is 6. The summed E-state index contributed by atoms with van der Waals surface area (Å²) in [4.78, 5) is 8.16. The van der Waals surface area contributed by atoms with E-state index in [1.807, 2.05) is 0 Å². The summed E-state index contributed by atoms with van der Waals surface area (Å²) in [6.45, 7) is 3.04. The minimum Gasteiger partial charge on any atom is -0.310 e. The number of aromatic nitrogens is 2. The highest BCUT2D eigenvalue weighted by Gasteiger charge is 2.18. The number of thiazole rings is 1. The van der Waals surface area contributed by atoms with Crippen molar-refractivity contribution in [2.45, 2.75) is 38.3 Å². The summed E-state index contributed by atoms with van der Waals surface area (Å²) in [6, 6.07) is 0.819. The van der Waals surface area contributed by atoms with E-state index >= 15 is 0 Å². The second kappa shape index (κ2) is 6.03. The first-order valence-corrected chi connectivity index (χ1v) is 8.03. The summed E-state index contributed by atoms with van der Waals surface area (Å²) in [5.74, 6) is 0. The molecule has 0 aliphatic heterocycles. The van der Waals surface area contributed by atoms with E-state index in [9.17, 15) is 0 Å². The summed E-state index contributed by atoms with van der Waals surface area (Å²) in [7, 11) is 2.25. The first-order chi connectivity index (χ1) is 9.33. The highest BCUT2D eigenvalue weighted by Crippen LogP contribution is 2.21. The van der Waals surface area contributed by atoms with Gasteiger partial charge in [-0.05, 0) is 19.9 Å². The standard InChI is InChI=1S/C14H22N4S/c1-17(13-4-2-3-5-13)7-6-15-10-12-11-18-8-9-19-14(18)16-12/h8-9,11,13,15H,2-7,10H2,1H3. The number of hydrogen-bond donors (Lipinski definition) is 1. The lowest BCUT2D eigenvalue weighted by atomic mass is 10.2. The smallest absolute Gasteiger partial charge is 0.193 e. The van der Waals surface area contributed by atoms with Crippen LogP contribution in [0.5, 0.6) is 0 Å². The zero-order chi connectivity index (χ0) is 13.1. The van der Waals surface area contributed by atoms with E-state index in [-0.39, 0.29) is 0 Å². The average Bonchev–Trinajstić information content (AvgIpc) is 3.09. The van der Waals surface area contributed by atoms with E-state index in [0.717, 1.165) is 36.3 Å². The Bertz CT molecular complexity index is 484. The Morgan fingerprint density at radius 2 is 2.32 bits per heavy atom. The van der Waals surface area contributed by atoms with Crippen LogP contribution in [-0.4, -0.2) is 40.5 Å². The SMILES string of the molecule is CN(CCNCc1cn2ccsc2n1)C1CCCC1. The third-order valence-corrected chi connectivity index (χ3v) is 4.81. The van der Waals surface area contributed by atoms with E-state index in [4.69, 9.17) is 0 Å². The molecule has 0 radical (unpaired) electrons. The summed E-state index contributed by atoms with van der Waals surface area (Å²) in [6.07, 6.45) is 9.76. The van der Waals surface area contributed by atoms with E-state index in [1.54, 1.807) is 11.3 Å². The third-order valence-electron chi connectivity index (χ3n) is 4.04. The lowest BCUT2D eigenvalue weighted by Gasteiger charge is -2.23. The molecule has 2 aromatic heterocycles. The second-order valence-electron chi connectivity index (χ2n) is 5.42. The lowest BCUT2D eigenvalue weighted by molar-refractivity contribution is 0.245. The molecule has 1 saturated carbocycles. The zero-order valence-electron chi connectivity index (χ0n) is 11.5. The van der Waals surface area contributed by atoms with Gasteiger partial charge in [-0.2, -0.15) is 0 Å². The van der Waals surface area contributed by atoms with E-state index in [2.05, 4.69) is 44.4 Å². The largest absolute Gasteiger partial charge is 0.310 e. The minimum atomic E-state index is 0.819. The van der Waals surface area contributed by atoms with Crippen LogP contribution in [0.1, 0.15) is 31.4 Å². The Labute approximate surface area is 118 Å². The predicted octanol–water partition coefficient (Wildman–Crippen LogP) is 2.36. The molecule has 0 amide bonds. The fourth-order valence-corrected chi connectivity index (χ4v) is 3.58. The van der Waals surface area contributed by atoms with Crippen LogP contribution in [0.2, 0.25) is 0 Å². The fraction of sp³-hybridized carbons (Fsp3) is 0.643. The van der Waals surface area contributed by atoms with Gasteiger partial charge in [-0.1, -0.05) is 12.8 Å². The molecule has 0 saturated heterocycles. The molecule has 2 heterocycles. The van der Waals surface area contributed by atoms with Crippen molar-refractivity contribution >= 4 is 16.3 Å². The first kappa shape index (κ1) is 13.1. The molecular weight excluding hydrogens is 256 g/mol.